The molecule has 24 heavy (non-hydrogen) atoms. The Morgan fingerprint density at radius 3 is 1.46 bits per heavy atom. The molecule has 2 fully saturated rings. The van der Waals surface area contributed by atoms with Crippen LogP contribution in [0, 0.1) is 17.3 Å². The molecule has 0 unspecified atom stereocenters. The lowest BCUT2D eigenvalue weighted by Gasteiger charge is -2.46. The van der Waals surface area contributed by atoms with Gasteiger partial charge in [-0.1, -0.05) is 40.0 Å². The molecule has 2 aliphatic carbocycles. The minimum Gasteiger partial charge on any atom is -0.396 e. The molecular weight excluding hydrogens is 300 g/mol. The monoisotopic (exact) mass is 342 g/mol. The maximum atomic E-state index is 9.60. The minimum absolute atomic E-state index is 0.0461. The Morgan fingerprint density at radius 1 is 0.708 bits per heavy atom. The quantitative estimate of drug-likeness (QED) is 0.615. The third-order valence-corrected chi connectivity index (χ3v) is 6.51. The van der Waals surface area contributed by atoms with E-state index in [0.717, 1.165) is 43.9 Å². The van der Waals surface area contributed by atoms with Crippen molar-refractivity contribution in [3.05, 3.63) is 0 Å². The second kappa shape index (κ2) is 11.5. The van der Waals surface area contributed by atoms with Crippen LogP contribution in [0.3, 0.4) is 0 Å². The standard InChI is InChI=1S/C15H28O2.C6H14O/c1-15(2,11-3-7-13(16)8-4-11)12-5-9-14(17)10-6-12;1-2-3-4-5-6-7/h11-14,16-17H,3-10H2,1-2H3;7H,2-6H2,1H3. The smallest absolute Gasteiger partial charge is 0.0540 e. The fourth-order valence-corrected chi connectivity index (χ4v) is 4.51. The number of aliphatic hydroxyl groups is 3. The normalized spacial score (nSPS) is 31.2. The summed E-state index contributed by atoms with van der Waals surface area (Å²) in [6, 6.07) is 0. The molecule has 3 heteroatoms. The van der Waals surface area contributed by atoms with Crippen LogP contribution in [0.5, 0.6) is 0 Å². The average molecular weight is 343 g/mol. The van der Waals surface area contributed by atoms with E-state index in [2.05, 4.69) is 20.8 Å². The molecule has 0 aromatic rings. The van der Waals surface area contributed by atoms with Crippen molar-refractivity contribution >= 4 is 0 Å². The Labute approximate surface area is 149 Å². The van der Waals surface area contributed by atoms with Gasteiger partial charge in [-0.3, -0.25) is 0 Å². The first kappa shape index (κ1) is 21.9. The van der Waals surface area contributed by atoms with Gasteiger partial charge in [0.2, 0.25) is 0 Å². The van der Waals surface area contributed by atoms with Crippen LogP contribution in [0.4, 0.5) is 0 Å². The zero-order valence-corrected chi connectivity index (χ0v) is 16.3. The molecule has 0 saturated heterocycles. The topological polar surface area (TPSA) is 60.7 Å². The number of aliphatic hydroxyl groups excluding tert-OH is 3. The molecule has 0 aliphatic heterocycles. The van der Waals surface area contributed by atoms with E-state index in [0.29, 0.717) is 12.0 Å². The number of hydrogen-bond acceptors (Lipinski definition) is 3. The van der Waals surface area contributed by atoms with Gasteiger partial charge in [0.1, 0.15) is 0 Å². The molecular formula is C21H42O3. The summed E-state index contributed by atoms with van der Waals surface area (Å²) in [5, 5.41) is 27.5. The fourth-order valence-electron chi connectivity index (χ4n) is 4.51. The Kier molecular flexibility index (Phi) is 10.5. The minimum atomic E-state index is -0.0461. The van der Waals surface area contributed by atoms with Crippen LogP contribution in [-0.2, 0) is 0 Å². The summed E-state index contributed by atoms with van der Waals surface area (Å²) in [6.07, 6.45) is 13.3. The van der Waals surface area contributed by atoms with Gasteiger partial charge in [0.15, 0.2) is 0 Å². The van der Waals surface area contributed by atoms with Gasteiger partial charge in [0, 0.05) is 6.61 Å². The van der Waals surface area contributed by atoms with Crippen LogP contribution in [0.25, 0.3) is 0 Å². The second-order valence-corrected chi connectivity index (χ2v) is 8.62. The van der Waals surface area contributed by atoms with Gasteiger partial charge in [-0.05, 0) is 75.0 Å². The van der Waals surface area contributed by atoms with Gasteiger partial charge in [-0.2, -0.15) is 0 Å². The van der Waals surface area contributed by atoms with E-state index in [1.807, 2.05) is 0 Å². The number of rotatable bonds is 6. The molecule has 2 saturated carbocycles. The molecule has 0 bridgehead atoms. The van der Waals surface area contributed by atoms with Crippen LogP contribution in [0.15, 0.2) is 0 Å². The van der Waals surface area contributed by atoms with Crippen LogP contribution >= 0.6 is 0 Å². The zero-order valence-electron chi connectivity index (χ0n) is 16.3. The molecule has 3 N–H and O–H groups in total. The summed E-state index contributed by atoms with van der Waals surface area (Å²) in [6.45, 7) is 7.35. The summed E-state index contributed by atoms with van der Waals surface area (Å²) in [7, 11) is 0. The molecule has 0 aromatic carbocycles. The lowest BCUT2D eigenvalue weighted by Crippen LogP contribution is -2.38. The van der Waals surface area contributed by atoms with Gasteiger partial charge in [-0.15, -0.1) is 0 Å². The van der Waals surface area contributed by atoms with Crippen LogP contribution < -0.4 is 0 Å². The van der Waals surface area contributed by atoms with E-state index >= 15 is 0 Å². The molecule has 0 aromatic heterocycles. The Hall–Kier alpha value is -0.120. The molecule has 0 heterocycles. The van der Waals surface area contributed by atoms with Crippen molar-refractivity contribution in [2.45, 2.75) is 110 Å². The van der Waals surface area contributed by atoms with Crippen LogP contribution in [0.2, 0.25) is 0 Å². The van der Waals surface area contributed by atoms with Crippen molar-refractivity contribution in [1.29, 1.82) is 0 Å². The molecule has 0 spiro atoms. The highest BCUT2D eigenvalue weighted by Gasteiger charge is 2.39. The maximum absolute atomic E-state index is 9.60. The Balaban J connectivity index is 0.000000351. The highest BCUT2D eigenvalue weighted by atomic mass is 16.3. The number of unbranched alkanes of at least 4 members (excludes halogenated alkanes) is 3. The number of hydrogen-bond donors (Lipinski definition) is 3. The fraction of sp³-hybridized carbons (Fsp3) is 1.00. The lowest BCUT2D eigenvalue weighted by molar-refractivity contribution is 0.00233. The Bertz CT molecular complexity index is 272. The highest BCUT2D eigenvalue weighted by molar-refractivity contribution is 4.90. The van der Waals surface area contributed by atoms with Crippen molar-refractivity contribution in [3.8, 4) is 0 Å². The third kappa shape index (κ3) is 7.41. The van der Waals surface area contributed by atoms with Gasteiger partial charge < -0.3 is 15.3 Å². The van der Waals surface area contributed by atoms with Gasteiger partial charge in [0.05, 0.1) is 12.2 Å². The van der Waals surface area contributed by atoms with Gasteiger partial charge >= 0.3 is 0 Å². The molecule has 0 atom stereocenters. The van der Waals surface area contributed by atoms with Crippen molar-refractivity contribution in [3.63, 3.8) is 0 Å². The average Bonchev–Trinajstić information content (AvgIpc) is 2.57. The summed E-state index contributed by atoms with van der Waals surface area (Å²) in [4.78, 5) is 0. The second-order valence-electron chi connectivity index (χ2n) is 8.62. The third-order valence-electron chi connectivity index (χ3n) is 6.51. The van der Waals surface area contributed by atoms with Gasteiger partial charge in [0.25, 0.3) is 0 Å². The molecule has 144 valence electrons. The molecule has 2 aliphatic rings. The van der Waals surface area contributed by atoms with E-state index in [4.69, 9.17) is 5.11 Å². The predicted octanol–water partition coefficient (Wildman–Crippen LogP) is 4.67. The first-order valence-electron chi connectivity index (χ1n) is 10.4. The summed E-state index contributed by atoms with van der Waals surface area (Å²) in [5.74, 6) is 1.54. The van der Waals surface area contributed by atoms with Gasteiger partial charge in [-0.25, -0.2) is 0 Å². The first-order chi connectivity index (χ1) is 11.4. The van der Waals surface area contributed by atoms with Crippen LogP contribution in [-0.4, -0.2) is 34.1 Å². The zero-order chi connectivity index (χ0) is 18.0. The predicted molar refractivity (Wildman–Crippen MR) is 101 cm³/mol. The van der Waals surface area contributed by atoms with E-state index in [1.165, 1.54) is 44.9 Å². The summed E-state index contributed by atoms with van der Waals surface area (Å²) >= 11 is 0. The lowest BCUT2D eigenvalue weighted by atomic mass is 9.60. The molecule has 2 rings (SSSR count). The summed E-state index contributed by atoms with van der Waals surface area (Å²) < 4.78 is 0. The van der Waals surface area contributed by atoms with E-state index in [-0.39, 0.29) is 12.2 Å². The van der Waals surface area contributed by atoms with E-state index < -0.39 is 0 Å². The van der Waals surface area contributed by atoms with Crippen LogP contribution in [0.1, 0.15) is 97.8 Å². The Morgan fingerprint density at radius 2 is 1.12 bits per heavy atom. The molecule has 0 amide bonds. The van der Waals surface area contributed by atoms with Crippen molar-refractivity contribution < 1.29 is 15.3 Å². The molecule has 0 radical (unpaired) electrons. The summed E-state index contributed by atoms with van der Waals surface area (Å²) in [5.41, 5.74) is 0.389. The van der Waals surface area contributed by atoms with Crippen molar-refractivity contribution in [2.24, 2.45) is 17.3 Å². The van der Waals surface area contributed by atoms with E-state index in [1.54, 1.807) is 0 Å². The highest BCUT2D eigenvalue weighted by Crippen LogP contribution is 2.48. The van der Waals surface area contributed by atoms with Crippen molar-refractivity contribution in [1.82, 2.24) is 0 Å². The maximum Gasteiger partial charge on any atom is 0.0540 e. The SMILES string of the molecule is CC(C)(C1CCC(O)CC1)C1CCC(O)CC1.CCCCCCO. The molecule has 3 nitrogen and oxygen atoms in total. The first-order valence-corrected chi connectivity index (χ1v) is 10.4. The largest absolute Gasteiger partial charge is 0.396 e. The van der Waals surface area contributed by atoms with Crippen molar-refractivity contribution in [2.75, 3.05) is 6.61 Å². The van der Waals surface area contributed by atoms with E-state index in [9.17, 15) is 10.2 Å².